The number of halogens is 4. The van der Waals surface area contributed by atoms with Crippen molar-refractivity contribution >= 4 is 34.4 Å². The van der Waals surface area contributed by atoms with Crippen LogP contribution in [0.4, 0.5) is 19.0 Å². The highest BCUT2D eigenvalue weighted by atomic mass is 35.5. The smallest absolute Gasteiger partial charge is 0.356 e. The molecular formula is C18H20ClF3N6O. The van der Waals surface area contributed by atoms with Gasteiger partial charge < -0.3 is 15.6 Å². The molecule has 29 heavy (non-hydrogen) atoms. The van der Waals surface area contributed by atoms with Crippen LogP contribution in [0.25, 0.3) is 22.4 Å². The van der Waals surface area contributed by atoms with E-state index in [0.717, 1.165) is 11.8 Å². The molecule has 3 aromatic rings. The molecule has 4 rings (SSSR count). The maximum Gasteiger partial charge on any atom is 0.405 e. The minimum Gasteiger partial charge on any atom is -0.356 e. The number of rotatable bonds is 5. The fourth-order valence-electron chi connectivity index (χ4n) is 3.25. The van der Waals surface area contributed by atoms with Gasteiger partial charge in [-0.3, -0.25) is 4.79 Å². The molecule has 0 bridgehead atoms. The number of amides is 1. The van der Waals surface area contributed by atoms with Gasteiger partial charge in [-0.15, -0.1) is 0 Å². The van der Waals surface area contributed by atoms with Gasteiger partial charge in [-0.25, -0.2) is 15.0 Å². The Balaban J connectivity index is 0.00000171. The van der Waals surface area contributed by atoms with E-state index in [2.05, 4.69) is 25.3 Å². The largest absolute Gasteiger partial charge is 0.405 e. The van der Waals surface area contributed by atoms with Crippen LogP contribution in [0, 0.1) is 0 Å². The third-order valence-electron chi connectivity index (χ3n) is 4.85. The lowest BCUT2D eigenvalue weighted by molar-refractivity contribution is -0.142. The quantitative estimate of drug-likeness (QED) is 0.566. The van der Waals surface area contributed by atoms with Crippen LogP contribution in [0.1, 0.15) is 22.1 Å². The van der Waals surface area contributed by atoms with E-state index >= 15 is 0 Å². The molecule has 7 nitrogen and oxygen atoms in total. The average molecular weight is 429 g/mol. The van der Waals surface area contributed by atoms with Gasteiger partial charge in [0.05, 0.1) is 5.02 Å². The molecule has 0 spiro atoms. The Morgan fingerprint density at radius 2 is 2.14 bits per heavy atom. The minimum absolute atomic E-state index is 0. The second kappa shape index (κ2) is 7.18. The highest BCUT2D eigenvalue weighted by Crippen LogP contribution is 2.36. The molecule has 0 radical (unpaired) electrons. The van der Waals surface area contributed by atoms with Gasteiger partial charge >= 0.3 is 6.18 Å². The van der Waals surface area contributed by atoms with Crippen molar-refractivity contribution in [3.63, 3.8) is 0 Å². The topological polar surface area (TPSA) is 95.6 Å². The molecule has 0 unspecified atom stereocenters. The van der Waals surface area contributed by atoms with Gasteiger partial charge in [-0.1, -0.05) is 11.6 Å². The standard InChI is InChI=1S/C18H16ClF3N6O.2H2/c19-10-6-11-12(8-25-14(11)24-7-10)15-23-5-2-13(27-15)28-17(3-1-4-17)16(29)26-9-18(20,21)22;;/h2,5-8H,1,3-4,9H2,(H,24,25)(H,26,29)(H,23,27,28);2*1H. The van der Waals surface area contributed by atoms with E-state index in [4.69, 9.17) is 11.6 Å². The van der Waals surface area contributed by atoms with Gasteiger partial charge in [0.25, 0.3) is 0 Å². The molecule has 156 valence electrons. The van der Waals surface area contributed by atoms with Gasteiger partial charge in [0.1, 0.15) is 23.5 Å². The van der Waals surface area contributed by atoms with E-state index in [9.17, 15) is 18.0 Å². The van der Waals surface area contributed by atoms with Crippen molar-refractivity contribution in [1.82, 2.24) is 25.3 Å². The number of H-pyrrole nitrogens is 1. The first-order valence-electron chi connectivity index (χ1n) is 8.85. The Morgan fingerprint density at radius 1 is 1.34 bits per heavy atom. The Morgan fingerprint density at radius 3 is 2.83 bits per heavy atom. The molecule has 1 aliphatic rings. The molecule has 1 saturated carbocycles. The van der Waals surface area contributed by atoms with E-state index < -0.39 is 24.2 Å². The van der Waals surface area contributed by atoms with Crippen molar-refractivity contribution in [2.45, 2.75) is 31.0 Å². The zero-order chi connectivity index (χ0) is 20.6. The van der Waals surface area contributed by atoms with E-state index in [0.29, 0.717) is 40.7 Å². The lowest BCUT2D eigenvalue weighted by atomic mass is 9.76. The van der Waals surface area contributed by atoms with Crippen LogP contribution in [0.15, 0.2) is 30.7 Å². The normalized spacial score (nSPS) is 15.7. The minimum atomic E-state index is -4.46. The number of anilines is 1. The van der Waals surface area contributed by atoms with Crippen LogP contribution < -0.4 is 10.6 Å². The first-order chi connectivity index (χ1) is 13.8. The third-order valence-corrected chi connectivity index (χ3v) is 5.06. The first kappa shape index (κ1) is 19.4. The lowest BCUT2D eigenvalue weighted by Gasteiger charge is -2.41. The first-order valence-corrected chi connectivity index (χ1v) is 9.23. The Kier molecular flexibility index (Phi) is 4.81. The summed E-state index contributed by atoms with van der Waals surface area (Å²) < 4.78 is 37.3. The summed E-state index contributed by atoms with van der Waals surface area (Å²) in [6.07, 6.45) is 1.84. The van der Waals surface area contributed by atoms with Crippen LogP contribution in [-0.4, -0.2) is 44.1 Å². The van der Waals surface area contributed by atoms with E-state index in [1.807, 2.05) is 5.32 Å². The van der Waals surface area contributed by atoms with E-state index in [1.54, 1.807) is 18.3 Å². The SMILES string of the molecule is O=C(NCC(F)(F)F)C1(Nc2ccnc(-c3c[nH]c4ncc(Cl)cc34)n2)CCC1.[HH].[HH]. The van der Waals surface area contributed by atoms with Crippen LogP contribution in [0.3, 0.4) is 0 Å². The zero-order valence-corrected chi connectivity index (χ0v) is 15.7. The summed E-state index contributed by atoms with van der Waals surface area (Å²) in [5, 5.41) is 6.16. The molecule has 0 aromatic carbocycles. The molecule has 3 heterocycles. The fourth-order valence-corrected chi connectivity index (χ4v) is 3.41. The summed E-state index contributed by atoms with van der Waals surface area (Å²) in [5.74, 6) is 0.0287. The lowest BCUT2D eigenvalue weighted by Crippen LogP contribution is -2.58. The van der Waals surface area contributed by atoms with Crippen LogP contribution in [0.5, 0.6) is 0 Å². The molecule has 1 fully saturated rings. The molecule has 11 heteroatoms. The highest BCUT2D eigenvalue weighted by molar-refractivity contribution is 6.31. The number of fused-ring (bicyclic) bond motifs is 1. The number of nitrogens with one attached hydrogen (secondary N) is 3. The van der Waals surface area contributed by atoms with Crippen molar-refractivity contribution < 1.29 is 20.8 Å². The number of nitrogens with zero attached hydrogens (tertiary/aromatic N) is 3. The Hall–Kier alpha value is -2.88. The molecule has 0 aliphatic heterocycles. The molecule has 1 amide bonds. The highest BCUT2D eigenvalue weighted by Gasteiger charge is 2.45. The summed E-state index contributed by atoms with van der Waals surface area (Å²) in [4.78, 5) is 28.3. The molecule has 3 aromatic heterocycles. The number of pyridine rings is 1. The number of aromatic nitrogens is 4. The number of hydrogen-bond acceptors (Lipinski definition) is 5. The summed E-state index contributed by atoms with van der Waals surface area (Å²) in [5.41, 5.74) is 0.179. The Labute approximate surface area is 171 Å². The van der Waals surface area contributed by atoms with Gasteiger partial charge in [0, 0.05) is 32.4 Å². The second-order valence-corrected chi connectivity index (χ2v) is 7.31. The third kappa shape index (κ3) is 3.98. The van der Waals surface area contributed by atoms with Crippen molar-refractivity contribution in [2.24, 2.45) is 0 Å². The number of aromatic amines is 1. The summed E-state index contributed by atoms with van der Waals surface area (Å²) in [6, 6.07) is 3.30. The van der Waals surface area contributed by atoms with E-state index in [1.165, 1.54) is 12.4 Å². The number of carbonyl (C=O) groups excluding carboxylic acids is 1. The van der Waals surface area contributed by atoms with E-state index in [-0.39, 0.29) is 2.85 Å². The average Bonchev–Trinajstić information content (AvgIpc) is 3.05. The van der Waals surface area contributed by atoms with Gasteiger partial charge in [-0.2, -0.15) is 13.2 Å². The second-order valence-electron chi connectivity index (χ2n) is 6.88. The van der Waals surface area contributed by atoms with Crippen molar-refractivity contribution in [2.75, 3.05) is 11.9 Å². The van der Waals surface area contributed by atoms with Gasteiger partial charge in [0.2, 0.25) is 5.91 Å². The fraction of sp³-hybridized carbons (Fsp3) is 0.333. The molecule has 1 aliphatic carbocycles. The van der Waals surface area contributed by atoms with Crippen LogP contribution in [0.2, 0.25) is 5.02 Å². The van der Waals surface area contributed by atoms with Gasteiger partial charge in [-0.05, 0) is 31.4 Å². The number of carbonyl (C=O) groups is 1. The zero-order valence-electron chi connectivity index (χ0n) is 15.0. The molecule has 0 atom stereocenters. The van der Waals surface area contributed by atoms with Crippen molar-refractivity contribution in [1.29, 1.82) is 0 Å². The van der Waals surface area contributed by atoms with Gasteiger partial charge in [0.15, 0.2) is 5.82 Å². The van der Waals surface area contributed by atoms with Crippen LogP contribution in [-0.2, 0) is 4.79 Å². The molecular weight excluding hydrogens is 409 g/mol. The number of alkyl halides is 3. The summed E-state index contributed by atoms with van der Waals surface area (Å²) in [6.45, 7) is -1.37. The molecule has 3 N–H and O–H groups in total. The van der Waals surface area contributed by atoms with Crippen LogP contribution >= 0.6 is 11.6 Å². The predicted molar refractivity (Wildman–Crippen MR) is 106 cm³/mol. The Bertz CT molecular complexity index is 1070. The maximum atomic E-state index is 12.4. The maximum absolute atomic E-state index is 12.4. The predicted octanol–water partition coefficient (Wildman–Crippen LogP) is 4.18. The molecule has 0 saturated heterocycles. The van der Waals surface area contributed by atoms with Crippen molar-refractivity contribution in [3.8, 4) is 11.4 Å². The summed E-state index contributed by atoms with van der Waals surface area (Å²) in [7, 11) is 0. The monoisotopic (exact) mass is 428 g/mol. The summed E-state index contributed by atoms with van der Waals surface area (Å²) >= 11 is 6.02. The van der Waals surface area contributed by atoms with Crippen molar-refractivity contribution in [3.05, 3.63) is 35.7 Å². The number of hydrogen-bond donors (Lipinski definition) is 3.